The van der Waals surface area contributed by atoms with Gasteiger partial charge in [0, 0.05) is 18.8 Å². The summed E-state index contributed by atoms with van der Waals surface area (Å²) >= 11 is 0. The summed E-state index contributed by atoms with van der Waals surface area (Å²) in [6.07, 6.45) is 8.32. The second kappa shape index (κ2) is 5.29. The van der Waals surface area contributed by atoms with Crippen molar-refractivity contribution >= 4 is 5.97 Å². The molecule has 19 heavy (non-hydrogen) atoms. The lowest BCUT2D eigenvalue weighted by Crippen LogP contribution is -2.34. The van der Waals surface area contributed by atoms with E-state index < -0.39 is 5.97 Å². The summed E-state index contributed by atoms with van der Waals surface area (Å²) < 4.78 is 0. The maximum Gasteiger partial charge on any atom is 0.354 e. The second-order valence-electron chi connectivity index (χ2n) is 5.73. The Morgan fingerprint density at radius 1 is 1.37 bits per heavy atom. The largest absolute Gasteiger partial charge is 0.477 e. The van der Waals surface area contributed by atoms with Crippen molar-refractivity contribution in [3.8, 4) is 0 Å². The summed E-state index contributed by atoms with van der Waals surface area (Å²) in [5.41, 5.74) is 1.22. The van der Waals surface area contributed by atoms with Gasteiger partial charge in [-0.05, 0) is 49.4 Å². The van der Waals surface area contributed by atoms with Gasteiger partial charge in [0.2, 0.25) is 0 Å². The van der Waals surface area contributed by atoms with E-state index in [1.165, 1.54) is 32.1 Å². The summed E-state index contributed by atoms with van der Waals surface area (Å²) in [6.45, 7) is 2.02. The number of fused-ring (bicyclic) bond motifs is 1. The number of hydrogen-bond acceptors (Lipinski definition) is 3. The zero-order chi connectivity index (χ0) is 13.2. The van der Waals surface area contributed by atoms with Crippen molar-refractivity contribution in [1.29, 1.82) is 0 Å². The Kier molecular flexibility index (Phi) is 3.51. The summed E-state index contributed by atoms with van der Waals surface area (Å²) in [4.78, 5) is 17.4. The van der Waals surface area contributed by atoms with Gasteiger partial charge in [0.25, 0.3) is 0 Å². The van der Waals surface area contributed by atoms with Crippen LogP contribution in [0.2, 0.25) is 0 Å². The highest BCUT2D eigenvalue weighted by molar-refractivity contribution is 5.85. The molecule has 1 aromatic rings. The van der Waals surface area contributed by atoms with E-state index in [-0.39, 0.29) is 5.69 Å². The molecule has 0 radical (unpaired) electrons. The zero-order valence-electron chi connectivity index (χ0n) is 11.1. The Balaban J connectivity index is 1.71. The highest BCUT2D eigenvalue weighted by Crippen LogP contribution is 2.36. The number of carbonyl (C=O) groups is 1. The number of aromatic nitrogens is 1. The Labute approximate surface area is 113 Å². The van der Waals surface area contributed by atoms with Gasteiger partial charge in [-0.2, -0.15) is 0 Å². The van der Waals surface area contributed by atoms with Crippen molar-refractivity contribution in [2.45, 2.75) is 44.7 Å². The molecule has 1 aliphatic heterocycles. The van der Waals surface area contributed by atoms with Crippen molar-refractivity contribution in [1.82, 2.24) is 9.88 Å². The van der Waals surface area contributed by atoms with Crippen LogP contribution in [0, 0.1) is 5.92 Å². The van der Waals surface area contributed by atoms with Gasteiger partial charge in [0.1, 0.15) is 5.69 Å². The third-order valence-corrected chi connectivity index (χ3v) is 4.55. The van der Waals surface area contributed by atoms with Crippen molar-refractivity contribution in [3.05, 3.63) is 29.6 Å². The molecule has 2 fully saturated rings. The van der Waals surface area contributed by atoms with Crippen LogP contribution in [0.4, 0.5) is 0 Å². The first-order valence-electron chi connectivity index (χ1n) is 7.16. The van der Waals surface area contributed by atoms with Crippen LogP contribution in [0.3, 0.4) is 0 Å². The number of hydrogen-bond donors (Lipinski definition) is 1. The average Bonchev–Trinajstić information content (AvgIpc) is 2.83. The normalized spacial score (nSPS) is 27.2. The summed E-state index contributed by atoms with van der Waals surface area (Å²) in [5.74, 6) is -0.0756. The molecule has 2 heterocycles. The molecular formula is C15H20N2O2. The number of pyridine rings is 1. The lowest BCUT2D eigenvalue weighted by molar-refractivity contribution is 0.0690. The minimum absolute atomic E-state index is 0.150. The van der Waals surface area contributed by atoms with Gasteiger partial charge in [0.15, 0.2) is 0 Å². The monoisotopic (exact) mass is 260 g/mol. The molecule has 0 spiro atoms. The van der Waals surface area contributed by atoms with Crippen LogP contribution in [0.25, 0.3) is 0 Å². The molecule has 2 unspecified atom stereocenters. The van der Waals surface area contributed by atoms with Crippen LogP contribution in [0.5, 0.6) is 0 Å². The molecule has 1 saturated carbocycles. The van der Waals surface area contributed by atoms with Crippen LogP contribution < -0.4 is 0 Å². The van der Waals surface area contributed by atoms with Crippen molar-refractivity contribution in [3.63, 3.8) is 0 Å². The topological polar surface area (TPSA) is 53.4 Å². The number of carboxylic acids is 1. The average molecular weight is 260 g/mol. The first-order valence-corrected chi connectivity index (χ1v) is 7.16. The molecule has 1 N–H and O–H groups in total. The molecule has 102 valence electrons. The van der Waals surface area contributed by atoms with E-state index in [9.17, 15) is 4.79 Å². The molecule has 2 atom stereocenters. The third kappa shape index (κ3) is 2.63. The number of rotatable bonds is 3. The van der Waals surface area contributed by atoms with E-state index in [0.717, 1.165) is 30.6 Å². The second-order valence-corrected chi connectivity index (χ2v) is 5.73. The van der Waals surface area contributed by atoms with Gasteiger partial charge in [-0.15, -0.1) is 0 Å². The highest BCUT2D eigenvalue weighted by Gasteiger charge is 2.35. The van der Waals surface area contributed by atoms with Gasteiger partial charge in [-0.3, -0.25) is 4.90 Å². The predicted molar refractivity (Wildman–Crippen MR) is 72.0 cm³/mol. The summed E-state index contributed by atoms with van der Waals surface area (Å²) in [5, 5.41) is 8.98. The van der Waals surface area contributed by atoms with Crippen LogP contribution in [0.15, 0.2) is 18.3 Å². The molecular weight excluding hydrogens is 240 g/mol. The maximum absolute atomic E-state index is 10.9. The van der Waals surface area contributed by atoms with Crippen LogP contribution in [0.1, 0.15) is 48.2 Å². The number of likely N-dealkylation sites (tertiary alicyclic amines) is 1. The van der Waals surface area contributed by atoms with Crippen LogP contribution in [-0.4, -0.2) is 33.5 Å². The Bertz CT molecular complexity index is 475. The fraction of sp³-hybridized carbons (Fsp3) is 0.600. The van der Waals surface area contributed by atoms with Crippen molar-refractivity contribution < 1.29 is 9.90 Å². The Morgan fingerprint density at radius 2 is 2.21 bits per heavy atom. The number of carboxylic acid groups (broad SMARTS) is 1. The van der Waals surface area contributed by atoms with Gasteiger partial charge in [0.05, 0.1) is 0 Å². The highest BCUT2D eigenvalue weighted by atomic mass is 16.4. The smallest absolute Gasteiger partial charge is 0.354 e. The zero-order valence-corrected chi connectivity index (χ0v) is 11.1. The molecule has 0 aromatic carbocycles. The predicted octanol–water partition coefficient (Wildman–Crippen LogP) is 2.54. The first kappa shape index (κ1) is 12.6. The molecule has 2 aliphatic rings. The van der Waals surface area contributed by atoms with Gasteiger partial charge < -0.3 is 5.11 Å². The molecule has 1 aromatic heterocycles. The molecule has 0 amide bonds. The van der Waals surface area contributed by atoms with Gasteiger partial charge in [-0.1, -0.05) is 12.8 Å². The van der Waals surface area contributed by atoms with Crippen molar-refractivity contribution in [2.75, 3.05) is 6.54 Å². The minimum Gasteiger partial charge on any atom is -0.477 e. The number of nitrogens with zero attached hydrogens (tertiary/aromatic N) is 2. The van der Waals surface area contributed by atoms with E-state index in [1.807, 2.05) is 6.07 Å². The number of aromatic carboxylic acids is 1. The SMILES string of the molecule is O=C(O)c1cc(CN2CCC3CCCCC32)ccn1. The van der Waals surface area contributed by atoms with Crippen LogP contribution in [-0.2, 0) is 6.54 Å². The van der Waals surface area contributed by atoms with Crippen molar-refractivity contribution in [2.24, 2.45) is 5.92 Å². The molecule has 0 bridgehead atoms. The standard InChI is InChI=1S/C15H20N2O2/c18-15(19)13-9-11(5-7-16-13)10-17-8-6-12-3-1-2-4-14(12)17/h5,7,9,12,14H,1-4,6,8,10H2,(H,18,19). The van der Waals surface area contributed by atoms with E-state index in [2.05, 4.69) is 9.88 Å². The summed E-state index contributed by atoms with van der Waals surface area (Å²) in [6, 6.07) is 4.36. The lowest BCUT2D eigenvalue weighted by Gasteiger charge is -2.31. The van der Waals surface area contributed by atoms with E-state index in [4.69, 9.17) is 5.11 Å². The van der Waals surface area contributed by atoms with E-state index >= 15 is 0 Å². The lowest BCUT2D eigenvalue weighted by atomic mass is 9.85. The van der Waals surface area contributed by atoms with Gasteiger partial charge in [-0.25, -0.2) is 9.78 Å². The third-order valence-electron chi connectivity index (χ3n) is 4.55. The minimum atomic E-state index is -0.946. The Hall–Kier alpha value is -1.42. The molecule has 1 aliphatic carbocycles. The fourth-order valence-corrected chi connectivity index (χ4v) is 3.62. The molecule has 4 heteroatoms. The van der Waals surface area contributed by atoms with E-state index in [1.54, 1.807) is 12.3 Å². The Morgan fingerprint density at radius 3 is 3.05 bits per heavy atom. The molecule has 1 saturated heterocycles. The molecule has 4 nitrogen and oxygen atoms in total. The first-order chi connectivity index (χ1) is 9.24. The van der Waals surface area contributed by atoms with E-state index in [0.29, 0.717) is 0 Å². The molecule has 3 rings (SSSR count). The van der Waals surface area contributed by atoms with Gasteiger partial charge >= 0.3 is 5.97 Å². The fourth-order valence-electron chi connectivity index (χ4n) is 3.62. The van der Waals surface area contributed by atoms with Crippen LogP contribution >= 0.6 is 0 Å². The maximum atomic E-state index is 10.9. The quantitative estimate of drug-likeness (QED) is 0.907. The summed E-state index contributed by atoms with van der Waals surface area (Å²) in [7, 11) is 0.